The molecule has 0 saturated carbocycles. The quantitative estimate of drug-likeness (QED) is 0.903. The van der Waals surface area contributed by atoms with Gasteiger partial charge in [0.25, 0.3) is 0 Å². The van der Waals surface area contributed by atoms with Crippen molar-refractivity contribution in [3.05, 3.63) is 35.2 Å². The third-order valence-electron chi connectivity index (χ3n) is 3.25. The molecule has 0 aliphatic carbocycles. The molecule has 6 heteroatoms. The zero-order chi connectivity index (χ0) is 15.6. The van der Waals surface area contributed by atoms with Crippen molar-refractivity contribution >= 4 is 0 Å². The lowest BCUT2D eigenvalue weighted by Gasteiger charge is -2.25. The molecular weight excluding hydrogens is 266 g/mol. The smallest absolute Gasteiger partial charge is 0.170 e. The fraction of sp³-hybridized carbons (Fsp3) is 0.533. The standard InChI is InChI=1S/C15H23N5O/c1-11-7-6-8-12(2)14(11)20-13(16-17-18-20)9-19(5)10-15(3,4)21/h6-8,21H,9-10H2,1-5H3. The monoisotopic (exact) mass is 289 g/mol. The minimum Gasteiger partial charge on any atom is -0.389 e. The Kier molecular flexibility index (Phi) is 4.39. The molecule has 0 fully saturated rings. The summed E-state index contributed by atoms with van der Waals surface area (Å²) in [7, 11) is 1.95. The molecule has 0 saturated heterocycles. The number of nitrogens with zero attached hydrogens (tertiary/aromatic N) is 5. The highest BCUT2D eigenvalue weighted by atomic mass is 16.3. The van der Waals surface area contributed by atoms with Crippen LogP contribution in [0.1, 0.15) is 30.8 Å². The van der Waals surface area contributed by atoms with Gasteiger partial charge in [0.1, 0.15) is 0 Å². The predicted octanol–water partition coefficient (Wildman–Crippen LogP) is 1.48. The number of hydrogen-bond donors (Lipinski definition) is 1. The van der Waals surface area contributed by atoms with Crippen molar-refractivity contribution in [2.45, 2.75) is 39.8 Å². The predicted molar refractivity (Wildman–Crippen MR) is 81.3 cm³/mol. The highest BCUT2D eigenvalue weighted by Gasteiger charge is 2.19. The van der Waals surface area contributed by atoms with E-state index in [0.29, 0.717) is 13.1 Å². The summed E-state index contributed by atoms with van der Waals surface area (Å²) in [4.78, 5) is 2.01. The molecular formula is C15H23N5O. The van der Waals surface area contributed by atoms with E-state index >= 15 is 0 Å². The Labute approximate surface area is 125 Å². The number of aryl methyl sites for hydroxylation is 2. The lowest BCUT2D eigenvalue weighted by Crippen LogP contribution is -2.36. The van der Waals surface area contributed by atoms with Gasteiger partial charge in [0, 0.05) is 6.54 Å². The second-order valence-electron chi connectivity index (χ2n) is 6.23. The van der Waals surface area contributed by atoms with Gasteiger partial charge in [-0.05, 0) is 56.3 Å². The first-order valence-corrected chi connectivity index (χ1v) is 7.03. The largest absolute Gasteiger partial charge is 0.389 e. The van der Waals surface area contributed by atoms with Crippen LogP contribution in [-0.4, -0.2) is 49.4 Å². The third-order valence-corrected chi connectivity index (χ3v) is 3.25. The van der Waals surface area contributed by atoms with Gasteiger partial charge in [-0.1, -0.05) is 18.2 Å². The van der Waals surface area contributed by atoms with E-state index in [0.717, 1.165) is 22.6 Å². The van der Waals surface area contributed by atoms with Crippen molar-refractivity contribution < 1.29 is 5.11 Å². The molecule has 0 aliphatic rings. The maximum atomic E-state index is 9.89. The topological polar surface area (TPSA) is 67.1 Å². The number of aliphatic hydroxyl groups is 1. The third kappa shape index (κ3) is 3.86. The second-order valence-corrected chi connectivity index (χ2v) is 6.23. The lowest BCUT2D eigenvalue weighted by atomic mass is 10.1. The van der Waals surface area contributed by atoms with Gasteiger partial charge in [-0.15, -0.1) is 5.10 Å². The first kappa shape index (κ1) is 15.6. The van der Waals surface area contributed by atoms with Gasteiger partial charge in [0.2, 0.25) is 0 Å². The van der Waals surface area contributed by atoms with Crippen molar-refractivity contribution in [3.8, 4) is 5.69 Å². The lowest BCUT2D eigenvalue weighted by molar-refractivity contribution is 0.0416. The van der Waals surface area contributed by atoms with Crippen molar-refractivity contribution in [2.75, 3.05) is 13.6 Å². The van der Waals surface area contributed by atoms with E-state index in [2.05, 4.69) is 15.5 Å². The molecule has 0 radical (unpaired) electrons. The average molecular weight is 289 g/mol. The summed E-state index contributed by atoms with van der Waals surface area (Å²) < 4.78 is 1.78. The molecule has 6 nitrogen and oxygen atoms in total. The Morgan fingerprint density at radius 2 is 1.86 bits per heavy atom. The summed E-state index contributed by atoms with van der Waals surface area (Å²) in [6, 6.07) is 6.13. The fourth-order valence-corrected chi connectivity index (χ4v) is 2.58. The van der Waals surface area contributed by atoms with E-state index in [1.165, 1.54) is 0 Å². The van der Waals surface area contributed by atoms with Gasteiger partial charge < -0.3 is 5.11 Å². The zero-order valence-electron chi connectivity index (χ0n) is 13.3. The van der Waals surface area contributed by atoms with E-state index in [-0.39, 0.29) is 0 Å². The van der Waals surface area contributed by atoms with Crippen LogP contribution in [0.15, 0.2) is 18.2 Å². The summed E-state index contributed by atoms with van der Waals surface area (Å²) in [5.41, 5.74) is 2.54. The molecule has 0 bridgehead atoms. The molecule has 1 heterocycles. The van der Waals surface area contributed by atoms with Crippen LogP contribution in [0.4, 0.5) is 0 Å². The number of para-hydroxylation sites is 1. The Balaban J connectivity index is 2.27. The molecule has 2 aromatic rings. The molecule has 0 amide bonds. The van der Waals surface area contributed by atoms with Gasteiger partial charge in [-0.3, -0.25) is 4.90 Å². The van der Waals surface area contributed by atoms with Crippen LogP contribution in [0.5, 0.6) is 0 Å². The molecule has 0 spiro atoms. The molecule has 2 rings (SSSR count). The van der Waals surface area contributed by atoms with Crippen molar-refractivity contribution in [1.82, 2.24) is 25.1 Å². The maximum absolute atomic E-state index is 9.89. The minimum absolute atomic E-state index is 0.548. The Morgan fingerprint density at radius 1 is 1.24 bits per heavy atom. The van der Waals surface area contributed by atoms with Gasteiger partial charge in [0.15, 0.2) is 5.82 Å². The summed E-state index contributed by atoms with van der Waals surface area (Å²) >= 11 is 0. The van der Waals surface area contributed by atoms with Gasteiger partial charge in [-0.2, -0.15) is 4.68 Å². The SMILES string of the molecule is Cc1cccc(C)c1-n1nnnc1CN(C)CC(C)(C)O. The average Bonchev–Trinajstić information content (AvgIpc) is 2.74. The number of aromatic nitrogens is 4. The molecule has 114 valence electrons. The Morgan fingerprint density at radius 3 is 2.43 bits per heavy atom. The summed E-state index contributed by atoms with van der Waals surface area (Å²) in [6.07, 6.45) is 0. The molecule has 0 atom stereocenters. The van der Waals surface area contributed by atoms with Crippen LogP contribution >= 0.6 is 0 Å². The summed E-state index contributed by atoms with van der Waals surface area (Å²) in [5, 5.41) is 21.9. The molecule has 21 heavy (non-hydrogen) atoms. The Hall–Kier alpha value is -1.79. The highest BCUT2D eigenvalue weighted by molar-refractivity contribution is 5.46. The molecule has 1 aromatic carbocycles. The zero-order valence-corrected chi connectivity index (χ0v) is 13.3. The number of hydrogen-bond acceptors (Lipinski definition) is 5. The normalized spacial score (nSPS) is 12.1. The van der Waals surface area contributed by atoms with E-state index < -0.39 is 5.60 Å². The number of likely N-dealkylation sites (N-methyl/N-ethyl adjacent to an activating group) is 1. The second kappa shape index (κ2) is 5.91. The first-order valence-electron chi connectivity index (χ1n) is 7.03. The highest BCUT2D eigenvalue weighted by Crippen LogP contribution is 2.19. The molecule has 1 aromatic heterocycles. The Bertz CT molecular complexity index is 595. The van der Waals surface area contributed by atoms with Crippen molar-refractivity contribution in [1.29, 1.82) is 0 Å². The fourth-order valence-electron chi connectivity index (χ4n) is 2.58. The van der Waals surface area contributed by atoms with Crippen LogP contribution in [0.2, 0.25) is 0 Å². The molecule has 0 unspecified atom stereocenters. The van der Waals surface area contributed by atoms with Gasteiger partial charge in [0.05, 0.1) is 17.8 Å². The van der Waals surface area contributed by atoms with E-state index in [4.69, 9.17) is 0 Å². The maximum Gasteiger partial charge on any atom is 0.170 e. The van der Waals surface area contributed by atoms with Crippen molar-refractivity contribution in [3.63, 3.8) is 0 Å². The van der Waals surface area contributed by atoms with Crippen molar-refractivity contribution in [2.24, 2.45) is 0 Å². The number of rotatable bonds is 5. The molecule has 0 aliphatic heterocycles. The summed E-state index contributed by atoms with van der Waals surface area (Å²) in [6.45, 7) is 8.80. The van der Waals surface area contributed by atoms with Crippen LogP contribution < -0.4 is 0 Å². The minimum atomic E-state index is -0.744. The first-order chi connectivity index (χ1) is 9.78. The van der Waals surface area contributed by atoms with E-state index in [1.807, 2.05) is 44.0 Å². The van der Waals surface area contributed by atoms with Crippen LogP contribution in [-0.2, 0) is 6.54 Å². The van der Waals surface area contributed by atoms with E-state index in [1.54, 1.807) is 18.5 Å². The summed E-state index contributed by atoms with van der Waals surface area (Å²) in [5.74, 6) is 0.763. The van der Waals surface area contributed by atoms with Crippen LogP contribution in [0.3, 0.4) is 0 Å². The molecule has 1 N–H and O–H groups in total. The van der Waals surface area contributed by atoms with Crippen LogP contribution in [0.25, 0.3) is 5.69 Å². The number of tetrazole rings is 1. The van der Waals surface area contributed by atoms with Gasteiger partial charge >= 0.3 is 0 Å². The van der Waals surface area contributed by atoms with Crippen LogP contribution in [0, 0.1) is 13.8 Å². The number of benzene rings is 1. The van der Waals surface area contributed by atoms with E-state index in [9.17, 15) is 5.11 Å². The van der Waals surface area contributed by atoms with Gasteiger partial charge in [-0.25, -0.2) is 0 Å².